The van der Waals surface area contributed by atoms with Gasteiger partial charge in [0.25, 0.3) is 5.91 Å². The van der Waals surface area contributed by atoms with Crippen LogP contribution in [0.25, 0.3) is 0 Å². The van der Waals surface area contributed by atoms with Crippen molar-refractivity contribution in [1.82, 2.24) is 14.1 Å². The van der Waals surface area contributed by atoms with Crippen molar-refractivity contribution in [3.05, 3.63) is 29.8 Å². The van der Waals surface area contributed by atoms with E-state index < -0.39 is 10.0 Å². The predicted octanol–water partition coefficient (Wildman–Crippen LogP) is 2.68. The summed E-state index contributed by atoms with van der Waals surface area (Å²) in [7, 11) is -3.58. The van der Waals surface area contributed by atoms with Gasteiger partial charge in [-0.1, -0.05) is 19.9 Å². The van der Waals surface area contributed by atoms with Crippen LogP contribution in [0.1, 0.15) is 50.9 Å². The standard InChI is InChI=1S/C23H37N3O4S/c1-5-26(6-2)31(28,29)22-9-7-8-21(14-22)23(27)25-12-10-20(11-13-25)17-24-15-18(3)30-19(4)16-24/h7-9,14,18-20H,5-6,10-13,15-17H2,1-4H3. The van der Waals surface area contributed by atoms with Crippen molar-refractivity contribution < 1.29 is 17.9 Å². The van der Waals surface area contributed by atoms with E-state index in [1.165, 1.54) is 10.4 Å². The average Bonchev–Trinajstić information content (AvgIpc) is 2.74. The summed E-state index contributed by atoms with van der Waals surface area (Å²) in [4.78, 5) is 17.6. The highest BCUT2D eigenvalue weighted by atomic mass is 32.2. The zero-order valence-corrected chi connectivity index (χ0v) is 20.1. The van der Waals surface area contributed by atoms with Gasteiger partial charge in [0.1, 0.15) is 0 Å². The molecule has 174 valence electrons. The predicted molar refractivity (Wildman–Crippen MR) is 122 cm³/mol. The van der Waals surface area contributed by atoms with Crippen molar-refractivity contribution in [2.45, 2.75) is 57.6 Å². The fraction of sp³-hybridized carbons (Fsp3) is 0.696. The Balaban J connectivity index is 1.60. The van der Waals surface area contributed by atoms with Gasteiger partial charge in [-0.3, -0.25) is 9.69 Å². The first kappa shape index (κ1) is 24.2. The summed E-state index contributed by atoms with van der Waals surface area (Å²) >= 11 is 0. The zero-order chi connectivity index (χ0) is 22.6. The summed E-state index contributed by atoms with van der Waals surface area (Å²) in [5.74, 6) is 0.500. The van der Waals surface area contributed by atoms with Gasteiger partial charge in [-0.15, -0.1) is 0 Å². The number of rotatable bonds is 7. The van der Waals surface area contributed by atoms with Gasteiger partial charge in [0.05, 0.1) is 17.1 Å². The maximum Gasteiger partial charge on any atom is 0.253 e. The second-order valence-electron chi connectivity index (χ2n) is 8.83. The molecule has 2 heterocycles. The van der Waals surface area contributed by atoms with Gasteiger partial charge in [0.15, 0.2) is 0 Å². The summed E-state index contributed by atoms with van der Waals surface area (Å²) < 4.78 is 32.9. The van der Waals surface area contributed by atoms with Crippen molar-refractivity contribution in [2.24, 2.45) is 5.92 Å². The molecule has 0 bridgehead atoms. The Morgan fingerprint density at radius 1 is 1.10 bits per heavy atom. The lowest BCUT2D eigenvalue weighted by atomic mass is 9.95. The molecular formula is C23H37N3O4S. The lowest BCUT2D eigenvalue weighted by Gasteiger charge is -2.39. The maximum atomic E-state index is 13.1. The molecule has 0 radical (unpaired) electrons. The second-order valence-corrected chi connectivity index (χ2v) is 10.8. The number of carbonyl (C=O) groups is 1. The summed E-state index contributed by atoms with van der Waals surface area (Å²) in [5.41, 5.74) is 0.447. The van der Waals surface area contributed by atoms with Gasteiger partial charge in [-0.05, 0) is 50.8 Å². The van der Waals surface area contributed by atoms with Crippen LogP contribution in [-0.4, -0.2) is 86.5 Å². The third kappa shape index (κ3) is 5.86. The topological polar surface area (TPSA) is 70.2 Å². The molecule has 3 rings (SSSR count). The molecule has 0 aliphatic carbocycles. The van der Waals surface area contributed by atoms with Crippen LogP contribution in [0, 0.1) is 5.92 Å². The van der Waals surface area contributed by atoms with E-state index in [2.05, 4.69) is 18.7 Å². The molecule has 0 N–H and O–H groups in total. The van der Waals surface area contributed by atoms with Crippen molar-refractivity contribution in [1.29, 1.82) is 0 Å². The number of ether oxygens (including phenoxy) is 1. The molecule has 7 nitrogen and oxygen atoms in total. The molecule has 1 amide bonds. The van der Waals surface area contributed by atoms with Crippen molar-refractivity contribution >= 4 is 15.9 Å². The molecule has 8 heteroatoms. The Labute approximate surface area is 187 Å². The number of likely N-dealkylation sites (tertiary alicyclic amines) is 1. The van der Waals surface area contributed by atoms with E-state index in [-0.39, 0.29) is 23.0 Å². The molecule has 31 heavy (non-hydrogen) atoms. The van der Waals surface area contributed by atoms with Gasteiger partial charge in [0.2, 0.25) is 10.0 Å². The number of piperidine rings is 1. The monoisotopic (exact) mass is 451 g/mol. The Morgan fingerprint density at radius 3 is 2.29 bits per heavy atom. The molecule has 2 aliphatic heterocycles. The lowest BCUT2D eigenvalue weighted by molar-refractivity contribution is -0.0728. The first-order valence-electron chi connectivity index (χ1n) is 11.5. The van der Waals surface area contributed by atoms with Gasteiger partial charge >= 0.3 is 0 Å². The second kappa shape index (κ2) is 10.4. The van der Waals surface area contributed by atoms with Gasteiger partial charge in [-0.2, -0.15) is 4.31 Å². The Bertz CT molecular complexity index is 838. The van der Waals surface area contributed by atoms with Crippen LogP contribution in [0.15, 0.2) is 29.2 Å². The van der Waals surface area contributed by atoms with E-state index in [1.54, 1.807) is 18.2 Å². The third-order valence-corrected chi connectivity index (χ3v) is 8.38. The van der Waals surface area contributed by atoms with E-state index in [0.29, 0.717) is 37.7 Å². The van der Waals surface area contributed by atoms with E-state index in [4.69, 9.17) is 4.74 Å². The molecule has 0 saturated carbocycles. The van der Waals surface area contributed by atoms with E-state index in [1.807, 2.05) is 18.7 Å². The SMILES string of the molecule is CCN(CC)S(=O)(=O)c1cccc(C(=O)N2CCC(CN3CC(C)OC(C)C3)CC2)c1. The fourth-order valence-electron chi connectivity index (χ4n) is 4.80. The van der Waals surface area contributed by atoms with Gasteiger partial charge < -0.3 is 9.64 Å². The highest BCUT2D eigenvalue weighted by Crippen LogP contribution is 2.23. The van der Waals surface area contributed by atoms with E-state index >= 15 is 0 Å². The molecule has 2 aliphatic rings. The summed E-state index contributed by atoms with van der Waals surface area (Å²) in [6.45, 7) is 13.1. The van der Waals surface area contributed by atoms with Crippen LogP contribution in [0.4, 0.5) is 0 Å². The van der Waals surface area contributed by atoms with Gasteiger partial charge in [-0.25, -0.2) is 8.42 Å². The fourth-order valence-corrected chi connectivity index (χ4v) is 6.31. The summed E-state index contributed by atoms with van der Waals surface area (Å²) in [6.07, 6.45) is 2.49. The number of sulfonamides is 1. The van der Waals surface area contributed by atoms with Crippen LogP contribution >= 0.6 is 0 Å². The molecule has 1 aromatic carbocycles. The van der Waals surface area contributed by atoms with Crippen molar-refractivity contribution in [3.63, 3.8) is 0 Å². The smallest absolute Gasteiger partial charge is 0.253 e. The Morgan fingerprint density at radius 2 is 1.71 bits per heavy atom. The number of hydrogen-bond acceptors (Lipinski definition) is 5. The van der Waals surface area contributed by atoms with Crippen LogP contribution in [0.2, 0.25) is 0 Å². The molecule has 0 spiro atoms. The molecular weight excluding hydrogens is 414 g/mol. The first-order chi connectivity index (χ1) is 14.7. The number of amides is 1. The minimum atomic E-state index is -3.58. The zero-order valence-electron chi connectivity index (χ0n) is 19.3. The van der Waals surface area contributed by atoms with E-state index in [0.717, 1.165) is 32.5 Å². The number of nitrogens with zero attached hydrogens (tertiary/aromatic N) is 3. The first-order valence-corrected chi connectivity index (χ1v) is 13.0. The number of carbonyl (C=O) groups excluding carboxylic acids is 1. The van der Waals surface area contributed by atoms with Crippen molar-refractivity contribution in [2.75, 3.05) is 45.8 Å². The molecule has 2 unspecified atom stereocenters. The molecule has 2 fully saturated rings. The number of benzene rings is 1. The normalized spacial score (nSPS) is 24.0. The Hall–Kier alpha value is -1.48. The lowest BCUT2D eigenvalue weighted by Crippen LogP contribution is -2.48. The summed E-state index contributed by atoms with van der Waals surface area (Å²) in [6, 6.07) is 6.48. The highest BCUT2D eigenvalue weighted by molar-refractivity contribution is 7.89. The minimum Gasteiger partial charge on any atom is -0.373 e. The number of hydrogen-bond donors (Lipinski definition) is 0. The molecule has 1 aromatic rings. The quantitative estimate of drug-likeness (QED) is 0.638. The highest BCUT2D eigenvalue weighted by Gasteiger charge is 2.29. The molecule has 2 atom stereocenters. The van der Waals surface area contributed by atoms with Crippen molar-refractivity contribution in [3.8, 4) is 0 Å². The molecule has 2 saturated heterocycles. The summed E-state index contributed by atoms with van der Waals surface area (Å²) in [5, 5.41) is 0. The molecule has 0 aromatic heterocycles. The van der Waals surface area contributed by atoms with Crippen LogP contribution in [0.3, 0.4) is 0 Å². The van der Waals surface area contributed by atoms with Crippen LogP contribution in [0.5, 0.6) is 0 Å². The third-order valence-electron chi connectivity index (χ3n) is 6.34. The average molecular weight is 452 g/mol. The van der Waals surface area contributed by atoms with Crippen LogP contribution < -0.4 is 0 Å². The number of morpholine rings is 1. The maximum absolute atomic E-state index is 13.1. The van der Waals surface area contributed by atoms with Gasteiger partial charge in [0, 0.05) is 51.4 Å². The largest absolute Gasteiger partial charge is 0.373 e. The minimum absolute atomic E-state index is 0.0799. The van der Waals surface area contributed by atoms with Crippen LogP contribution in [-0.2, 0) is 14.8 Å². The Kier molecular flexibility index (Phi) is 8.13. The van der Waals surface area contributed by atoms with E-state index in [9.17, 15) is 13.2 Å².